The maximum Gasteiger partial charge on any atom is 1.00 e. The second kappa shape index (κ2) is 22.9. The van der Waals surface area contributed by atoms with Crippen LogP contribution in [-0.4, -0.2) is 0 Å². The molecule has 24 valence electrons. The molecule has 4 heavy (non-hydrogen) atoms. The van der Waals surface area contributed by atoms with Crippen LogP contribution in [0.15, 0.2) is 0 Å². The standard InChI is InChI=1S/3CH3.K/h3*1H3;/q3*-1;+1. The Balaban J connectivity index is 0. The minimum Gasteiger partial charge on any atom is -0.358 e. The summed E-state index contributed by atoms with van der Waals surface area (Å²) in [5.41, 5.74) is 0. The summed E-state index contributed by atoms with van der Waals surface area (Å²) in [6.07, 6.45) is 0. The van der Waals surface area contributed by atoms with E-state index in [0.29, 0.717) is 0 Å². The maximum atomic E-state index is 0. The van der Waals surface area contributed by atoms with Crippen molar-refractivity contribution in [2.45, 2.75) is 0 Å². The molecule has 0 aromatic rings. The monoisotopic (exact) mass is 84.0 g/mol. The van der Waals surface area contributed by atoms with Crippen LogP contribution >= 0.6 is 0 Å². The molecule has 0 aliphatic heterocycles. The Morgan fingerprint density at radius 1 is 0.500 bits per heavy atom. The molecule has 0 heterocycles. The topological polar surface area (TPSA) is 0 Å². The first-order chi connectivity index (χ1) is 0. The summed E-state index contributed by atoms with van der Waals surface area (Å²) in [6.45, 7) is 0. The molecule has 0 bridgehead atoms. The molecule has 0 fully saturated rings. The van der Waals surface area contributed by atoms with Crippen molar-refractivity contribution in [3.63, 3.8) is 0 Å². The van der Waals surface area contributed by atoms with E-state index in [1.807, 2.05) is 0 Å². The predicted octanol–water partition coefficient (Wildman–Crippen LogP) is -1.65. The normalized spacial score (nSPS) is 0. The average Bonchev–Trinajstić information content (AvgIpc) is 0. The van der Waals surface area contributed by atoms with Crippen LogP contribution in [0.2, 0.25) is 0 Å². The second-order valence-electron chi connectivity index (χ2n) is 0. The molecule has 0 aromatic heterocycles. The Morgan fingerprint density at radius 3 is 0.500 bits per heavy atom. The van der Waals surface area contributed by atoms with E-state index in [1.54, 1.807) is 0 Å². The van der Waals surface area contributed by atoms with E-state index in [0.717, 1.165) is 0 Å². The zero-order chi connectivity index (χ0) is 0. The molecule has 0 spiro atoms. The van der Waals surface area contributed by atoms with E-state index in [4.69, 9.17) is 0 Å². The summed E-state index contributed by atoms with van der Waals surface area (Å²) < 4.78 is 0. The quantitative estimate of drug-likeness (QED) is 0.244. The van der Waals surface area contributed by atoms with Gasteiger partial charge in [0.15, 0.2) is 0 Å². The minimum absolute atomic E-state index is 0. The van der Waals surface area contributed by atoms with Crippen molar-refractivity contribution in [2.75, 3.05) is 0 Å². The van der Waals surface area contributed by atoms with Crippen molar-refractivity contribution in [2.24, 2.45) is 0 Å². The zero-order valence-electron chi connectivity index (χ0n) is 4.00. The van der Waals surface area contributed by atoms with E-state index in [-0.39, 0.29) is 73.7 Å². The molecule has 0 aliphatic rings. The Kier molecular flexibility index (Phi) is 259. The van der Waals surface area contributed by atoms with E-state index in [9.17, 15) is 0 Å². The van der Waals surface area contributed by atoms with Crippen molar-refractivity contribution >= 4 is 0 Å². The third-order valence-electron chi connectivity index (χ3n) is 0. The van der Waals surface area contributed by atoms with Gasteiger partial charge in [0, 0.05) is 0 Å². The van der Waals surface area contributed by atoms with E-state index in [2.05, 4.69) is 0 Å². The van der Waals surface area contributed by atoms with Gasteiger partial charge in [-0.3, -0.25) is 0 Å². The van der Waals surface area contributed by atoms with Gasteiger partial charge >= 0.3 is 51.4 Å². The van der Waals surface area contributed by atoms with Crippen molar-refractivity contribution in [1.82, 2.24) is 0 Å². The van der Waals surface area contributed by atoms with Gasteiger partial charge in [-0.15, -0.1) is 0 Å². The van der Waals surface area contributed by atoms with Gasteiger partial charge in [0.2, 0.25) is 0 Å². The molecule has 0 aliphatic carbocycles. The Labute approximate surface area is 72.4 Å². The molecular weight excluding hydrogens is 75.1 g/mol. The summed E-state index contributed by atoms with van der Waals surface area (Å²) >= 11 is 0. The van der Waals surface area contributed by atoms with E-state index in [1.165, 1.54) is 0 Å². The number of hydrogen-bond acceptors (Lipinski definition) is 0. The first-order valence-corrected chi connectivity index (χ1v) is 0. The summed E-state index contributed by atoms with van der Waals surface area (Å²) in [5, 5.41) is 0. The van der Waals surface area contributed by atoms with Gasteiger partial charge in [-0.2, -0.15) is 0 Å². The van der Waals surface area contributed by atoms with Crippen molar-refractivity contribution in [1.29, 1.82) is 0 Å². The van der Waals surface area contributed by atoms with Gasteiger partial charge in [-0.05, 0) is 0 Å². The summed E-state index contributed by atoms with van der Waals surface area (Å²) in [7, 11) is 0. The first kappa shape index (κ1) is 45.2. The van der Waals surface area contributed by atoms with Gasteiger partial charge in [0.1, 0.15) is 0 Å². The Morgan fingerprint density at radius 2 is 0.500 bits per heavy atom. The van der Waals surface area contributed by atoms with Crippen molar-refractivity contribution < 1.29 is 51.4 Å². The molecule has 0 unspecified atom stereocenters. The second-order valence-corrected chi connectivity index (χ2v) is 0. The van der Waals surface area contributed by atoms with Crippen LogP contribution in [0.3, 0.4) is 0 Å². The van der Waals surface area contributed by atoms with E-state index < -0.39 is 0 Å². The van der Waals surface area contributed by atoms with Crippen LogP contribution in [0.1, 0.15) is 0 Å². The van der Waals surface area contributed by atoms with Gasteiger partial charge in [-0.1, -0.05) is 0 Å². The van der Waals surface area contributed by atoms with Crippen molar-refractivity contribution in [3.8, 4) is 0 Å². The molecule has 1 heteroatoms. The Bertz CT molecular complexity index is 3.25. The third-order valence-corrected chi connectivity index (χ3v) is 0. The SMILES string of the molecule is [CH3-].[CH3-].[CH3-].[K+]. The van der Waals surface area contributed by atoms with Crippen LogP contribution in [0, 0.1) is 22.3 Å². The van der Waals surface area contributed by atoms with Gasteiger partial charge in [0.05, 0.1) is 0 Å². The molecule has 0 amide bonds. The van der Waals surface area contributed by atoms with Gasteiger partial charge in [0.25, 0.3) is 0 Å². The maximum absolute atomic E-state index is 0. The number of hydrogen-bond donors (Lipinski definition) is 0. The fraction of sp³-hybridized carbons (Fsp3) is 0. The molecule has 0 aromatic carbocycles. The Hall–Kier alpha value is 1.64. The minimum atomic E-state index is 0. The first-order valence-electron chi connectivity index (χ1n) is 0. The smallest absolute Gasteiger partial charge is 0.358 e. The average molecular weight is 84.2 g/mol. The fourth-order valence-electron chi connectivity index (χ4n) is 0. The van der Waals surface area contributed by atoms with Crippen LogP contribution in [0.5, 0.6) is 0 Å². The van der Waals surface area contributed by atoms with Crippen LogP contribution in [-0.2, 0) is 0 Å². The number of rotatable bonds is 0. The van der Waals surface area contributed by atoms with Gasteiger partial charge < -0.3 is 22.3 Å². The fourth-order valence-corrected chi connectivity index (χ4v) is 0. The molecule has 0 N–H and O–H groups in total. The summed E-state index contributed by atoms with van der Waals surface area (Å²) in [5.74, 6) is 0. The molecule has 0 saturated carbocycles. The molecular formula is C3H9K-2. The largest absolute Gasteiger partial charge is 1.00 e. The summed E-state index contributed by atoms with van der Waals surface area (Å²) in [6, 6.07) is 0. The van der Waals surface area contributed by atoms with Crippen molar-refractivity contribution in [3.05, 3.63) is 22.3 Å². The molecule has 0 nitrogen and oxygen atoms in total. The predicted molar refractivity (Wildman–Crippen MR) is 19.2 cm³/mol. The molecule has 0 atom stereocenters. The van der Waals surface area contributed by atoms with Crippen LogP contribution in [0.25, 0.3) is 0 Å². The zero-order valence-corrected chi connectivity index (χ0v) is 7.12. The molecule has 0 saturated heterocycles. The third kappa shape index (κ3) is 9.44. The van der Waals surface area contributed by atoms with E-state index >= 15 is 0 Å². The van der Waals surface area contributed by atoms with Crippen LogP contribution < -0.4 is 51.4 Å². The van der Waals surface area contributed by atoms with Gasteiger partial charge in [-0.25, -0.2) is 0 Å². The van der Waals surface area contributed by atoms with Crippen LogP contribution in [0.4, 0.5) is 0 Å². The molecule has 0 radical (unpaired) electrons. The summed E-state index contributed by atoms with van der Waals surface area (Å²) in [4.78, 5) is 0. The molecule has 0 rings (SSSR count).